The molecule has 0 fully saturated rings. The molecule has 134 valence electrons. The summed E-state index contributed by atoms with van der Waals surface area (Å²) in [4.78, 5) is 4.82. The first kappa shape index (κ1) is 16.7. The SMILES string of the molecule is Cc1cccc(-c2nnc3n2-c2cc(S(C)(=O)=O)ccc2NCC3C)n1. The van der Waals surface area contributed by atoms with Crippen LogP contribution in [-0.2, 0) is 9.84 Å². The van der Waals surface area contributed by atoms with Crippen molar-refractivity contribution in [2.45, 2.75) is 24.7 Å². The van der Waals surface area contributed by atoms with Gasteiger partial charge in [0.25, 0.3) is 0 Å². The highest BCUT2D eigenvalue weighted by Crippen LogP contribution is 2.34. The molecule has 3 heterocycles. The molecule has 0 spiro atoms. The fourth-order valence-corrected chi connectivity index (χ4v) is 3.76. The second-order valence-corrected chi connectivity index (χ2v) is 8.63. The Morgan fingerprint density at radius 2 is 2.00 bits per heavy atom. The highest BCUT2D eigenvalue weighted by atomic mass is 32.2. The van der Waals surface area contributed by atoms with Gasteiger partial charge in [-0.2, -0.15) is 0 Å². The number of benzene rings is 1. The molecule has 8 heteroatoms. The molecule has 3 aromatic rings. The second-order valence-electron chi connectivity index (χ2n) is 6.61. The van der Waals surface area contributed by atoms with Gasteiger partial charge in [0, 0.05) is 24.4 Å². The molecule has 4 rings (SSSR count). The normalized spacial score (nSPS) is 16.3. The summed E-state index contributed by atoms with van der Waals surface area (Å²) < 4.78 is 26.0. The zero-order valence-corrected chi connectivity index (χ0v) is 15.6. The number of fused-ring (bicyclic) bond motifs is 3. The van der Waals surface area contributed by atoms with Crippen molar-refractivity contribution in [3.05, 3.63) is 47.9 Å². The molecule has 1 N–H and O–H groups in total. The first-order valence-corrected chi connectivity index (χ1v) is 10.2. The molecule has 7 nitrogen and oxygen atoms in total. The molecule has 0 radical (unpaired) electrons. The van der Waals surface area contributed by atoms with E-state index in [9.17, 15) is 8.42 Å². The van der Waals surface area contributed by atoms with E-state index in [1.807, 2.05) is 29.7 Å². The highest BCUT2D eigenvalue weighted by Gasteiger charge is 2.26. The monoisotopic (exact) mass is 369 g/mol. The fraction of sp³-hybridized carbons (Fsp3) is 0.278. The predicted molar refractivity (Wildman–Crippen MR) is 99.3 cm³/mol. The van der Waals surface area contributed by atoms with Crippen LogP contribution in [0.2, 0.25) is 0 Å². The molecular weight excluding hydrogens is 350 g/mol. The van der Waals surface area contributed by atoms with Crippen LogP contribution in [0, 0.1) is 6.92 Å². The molecule has 1 aromatic carbocycles. The summed E-state index contributed by atoms with van der Waals surface area (Å²) >= 11 is 0. The van der Waals surface area contributed by atoms with Crippen LogP contribution in [0.15, 0.2) is 41.3 Å². The maximum atomic E-state index is 12.0. The van der Waals surface area contributed by atoms with Crippen LogP contribution < -0.4 is 5.32 Å². The summed E-state index contributed by atoms with van der Waals surface area (Å²) in [6.07, 6.45) is 1.21. The van der Waals surface area contributed by atoms with Crippen molar-refractivity contribution in [2.75, 3.05) is 18.1 Å². The number of nitrogens with zero attached hydrogens (tertiary/aromatic N) is 4. The van der Waals surface area contributed by atoms with E-state index in [2.05, 4.69) is 27.4 Å². The van der Waals surface area contributed by atoms with Crippen molar-refractivity contribution in [3.63, 3.8) is 0 Å². The lowest BCUT2D eigenvalue weighted by molar-refractivity contribution is 0.602. The zero-order chi connectivity index (χ0) is 18.5. The maximum absolute atomic E-state index is 12.0. The van der Waals surface area contributed by atoms with Gasteiger partial charge >= 0.3 is 0 Å². The average molecular weight is 369 g/mol. The van der Waals surface area contributed by atoms with Crippen molar-refractivity contribution in [1.82, 2.24) is 19.7 Å². The number of aryl methyl sites for hydroxylation is 1. The van der Waals surface area contributed by atoms with Gasteiger partial charge in [0.15, 0.2) is 15.7 Å². The van der Waals surface area contributed by atoms with Gasteiger partial charge in [-0.3, -0.25) is 4.57 Å². The average Bonchev–Trinajstić information content (AvgIpc) is 2.98. The fourth-order valence-electron chi connectivity index (χ4n) is 3.12. The van der Waals surface area contributed by atoms with Gasteiger partial charge in [-0.05, 0) is 37.3 Å². The van der Waals surface area contributed by atoms with Crippen molar-refractivity contribution in [1.29, 1.82) is 0 Å². The molecule has 0 amide bonds. The molecular formula is C18H19N5O2S. The third-order valence-corrected chi connectivity index (χ3v) is 5.59. The van der Waals surface area contributed by atoms with Crippen molar-refractivity contribution >= 4 is 15.5 Å². The topological polar surface area (TPSA) is 89.8 Å². The first-order chi connectivity index (χ1) is 12.3. The van der Waals surface area contributed by atoms with Gasteiger partial charge in [0.2, 0.25) is 0 Å². The van der Waals surface area contributed by atoms with Crippen LogP contribution >= 0.6 is 0 Å². The number of aromatic nitrogens is 4. The second kappa shape index (κ2) is 5.91. The number of anilines is 1. The first-order valence-electron chi connectivity index (χ1n) is 8.32. The molecule has 1 aliphatic rings. The molecule has 0 saturated carbocycles. The molecule has 0 aliphatic carbocycles. The van der Waals surface area contributed by atoms with Crippen LogP contribution in [0.3, 0.4) is 0 Å². The van der Waals surface area contributed by atoms with Crippen molar-refractivity contribution < 1.29 is 8.42 Å². The van der Waals surface area contributed by atoms with Crippen LogP contribution in [0.5, 0.6) is 0 Å². The van der Waals surface area contributed by atoms with E-state index in [1.165, 1.54) is 6.26 Å². The van der Waals surface area contributed by atoms with Crippen molar-refractivity contribution in [2.24, 2.45) is 0 Å². The maximum Gasteiger partial charge on any atom is 0.187 e. The number of hydrogen-bond acceptors (Lipinski definition) is 6. The summed E-state index contributed by atoms with van der Waals surface area (Å²) in [7, 11) is -3.33. The van der Waals surface area contributed by atoms with Crippen LogP contribution in [0.1, 0.15) is 24.4 Å². The Labute approximate surface area is 152 Å². The summed E-state index contributed by atoms with van der Waals surface area (Å²) in [6, 6.07) is 10.8. The van der Waals surface area contributed by atoms with Crippen molar-refractivity contribution in [3.8, 4) is 17.2 Å². The zero-order valence-electron chi connectivity index (χ0n) is 14.8. The number of sulfone groups is 1. The molecule has 1 unspecified atom stereocenters. The van der Waals surface area contributed by atoms with E-state index >= 15 is 0 Å². The summed E-state index contributed by atoms with van der Waals surface area (Å²) in [5.41, 5.74) is 3.14. The Morgan fingerprint density at radius 1 is 1.19 bits per heavy atom. The molecule has 2 aromatic heterocycles. The van der Waals surface area contributed by atoms with E-state index in [4.69, 9.17) is 0 Å². The Hall–Kier alpha value is -2.74. The number of rotatable bonds is 2. The minimum Gasteiger partial charge on any atom is -0.383 e. The van der Waals surface area contributed by atoms with Crippen LogP contribution in [0.25, 0.3) is 17.2 Å². The van der Waals surface area contributed by atoms with Crippen LogP contribution in [0.4, 0.5) is 5.69 Å². The summed E-state index contributed by atoms with van der Waals surface area (Å²) in [6.45, 7) is 4.66. The smallest absolute Gasteiger partial charge is 0.187 e. The summed E-state index contributed by atoms with van der Waals surface area (Å²) in [5.74, 6) is 1.49. The van der Waals surface area contributed by atoms with Gasteiger partial charge in [0.1, 0.15) is 11.5 Å². The van der Waals surface area contributed by atoms with Gasteiger partial charge < -0.3 is 5.32 Å². The Balaban J connectivity index is 2.02. The van der Waals surface area contributed by atoms with Gasteiger partial charge in [-0.15, -0.1) is 10.2 Å². The minimum absolute atomic E-state index is 0.107. The molecule has 1 atom stereocenters. The van der Waals surface area contributed by atoms with E-state index in [1.54, 1.807) is 18.2 Å². The van der Waals surface area contributed by atoms with E-state index in [0.717, 1.165) is 22.9 Å². The molecule has 0 saturated heterocycles. The quantitative estimate of drug-likeness (QED) is 0.747. The standard InChI is InChI=1S/C18H19N5O2S/c1-11-10-19-14-8-7-13(26(3,24)25)9-16(14)23-17(11)21-22-18(23)15-6-4-5-12(2)20-15/h4-9,11,19H,10H2,1-3H3. The Bertz CT molecular complexity index is 1100. The van der Waals surface area contributed by atoms with E-state index < -0.39 is 9.84 Å². The van der Waals surface area contributed by atoms with Gasteiger partial charge in [-0.25, -0.2) is 13.4 Å². The number of hydrogen-bond donors (Lipinski definition) is 1. The summed E-state index contributed by atoms with van der Waals surface area (Å²) in [5, 5.41) is 12.1. The minimum atomic E-state index is -3.33. The lowest BCUT2D eigenvalue weighted by Gasteiger charge is -2.13. The number of pyridine rings is 1. The van der Waals surface area contributed by atoms with Gasteiger partial charge in [0.05, 0.1) is 16.3 Å². The largest absolute Gasteiger partial charge is 0.383 e. The number of nitrogens with one attached hydrogen (secondary N) is 1. The molecule has 1 aliphatic heterocycles. The Morgan fingerprint density at radius 3 is 2.73 bits per heavy atom. The van der Waals surface area contributed by atoms with Crippen LogP contribution in [-0.4, -0.2) is 41.0 Å². The van der Waals surface area contributed by atoms with Gasteiger partial charge in [-0.1, -0.05) is 13.0 Å². The third kappa shape index (κ3) is 2.76. The van der Waals surface area contributed by atoms with E-state index in [0.29, 0.717) is 18.1 Å². The molecule has 0 bridgehead atoms. The predicted octanol–water partition coefficient (Wildman–Crippen LogP) is 2.57. The lowest BCUT2D eigenvalue weighted by atomic mass is 10.1. The highest BCUT2D eigenvalue weighted by molar-refractivity contribution is 7.90. The Kier molecular flexibility index (Phi) is 3.80. The lowest BCUT2D eigenvalue weighted by Crippen LogP contribution is -2.09. The molecule has 26 heavy (non-hydrogen) atoms. The third-order valence-electron chi connectivity index (χ3n) is 4.48. The van der Waals surface area contributed by atoms with E-state index in [-0.39, 0.29) is 10.8 Å².